The van der Waals surface area contributed by atoms with Crippen molar-refractivity contribution >= 4 is 17.5 Å². The van der Waals surface area contributed by atoms with Gasteiger partial charge in [0.2, 0.25) is 0 Å². The third-order valence-electron chi connectivity index (χ3n) is 6.18. The number of halogens is 4. The lowest BCUT2D eigenvalue weighted by molar-refractivity contribution is -0.137. The first-order chi connectivity index (χ1) is 17.4. The van der Waals surface area contributed by atoms with Crippen LogP contribution in [0.4, 0.5) is 28.0 Å². The van der Waals surface area contributed by atoms with Crippen molar-refractivity contribution < 1.29 is 27.2 Å². The Kier molecular flexibility index (Phi) is 6.57. The fourth-order valence-electron chi connectivity index (χ4n) is 4.53. The molecule has 10 heteroatoms. The number of rotatable bonds is 4. The minimum atomic E-state index is -4.62. The molecule has 1 aromatic heterocycles. The molecule has 4 rings (SSSR count). The first-order valence-corrected chi connectivity index (χ1v) is 11.0. The Hall–Kier alpha value is -4.52. The molecule has 3 aromatic rings. The number of urea groups is 1. The minimum absolute atomic E-state index is 0.0456. The Labute approximate surface area is 210 Å². The predicted octanol–water partition coefficient (Wildman–Crippen LogP) is 6.25. The number of Topliss-reactive ketones (excluding diaryl/α,β-unsaturated/α-hetero) is 1. The molecule has 0 aliphatic carbocycles. The van der Waals surface area contributed by atoms with Crippen LogP contribution in [0.15, 0.2) is 72.2 Å². The Morgan fingerprint density at radius 3 is 2.46 bits per heavy atom. The summed E-state index contributed by atoms with van der Waals surface area (Å²) in [6.07, 6.45) is -2.21. The van der Waals surface area contributed by atoms with Gasteiger partial charge in [-0.3, -0.25) is 14.7 Å². The molecular formula is C27H20F4N4O2. The second-order valence-electron chi connectivity index (χ2n) is 8.54. The highest BCUT2D eigenvalue weighted by Gasteiger charge is 2.41. The van der Waals surface area contributed by atoms with Crippen LogP contribution in [-0.4, -0.2) is 28.7 Å². The van der Waals surface area contributed by atoms with E-state index in [-0.39, 0.29) is 22.5 Å². The average molecular weight is 508 g/mol. The summed E-state index contributed by atoms with van der Waals surface area (Å²) in [7, 11) is 1.43. The van der Waals surface area contributed by atoms with Gasteiger partial charge in [0.05, 0.1) is 35.1 Å². The Balaban J connectivity index is 1.95. The lowest BCUT2D eigenvalue weighted by Crippen LogP contribution is -2.49. The van der Waals surface area contributed by atoms with Crippen LogP contribution in [0, 0.1) is 17.1 Å². The number of ketones is 1. The summed E-state index contributed by atoms with van der Waals surface area (Å²) in [5.74, 6) is -1.03. The van der Waals surface area contributed by atoms with Gasteiger partial charge in [-0.2, -0.15) is 18.4 Å². The zero-order valence-corrected chi connectivity index (χ0v) is 20.0. The number of pyridine rings is 1. The number of nitriles is 1. The summed E-state index contributed by atoms with van der Waals surface area (Å²) >= 11 is 0. The molecule has 1 unspecified atom stereocenters. The summed E-state index contributed by atoms with van der Waals surface area (Å²) in [5, 5.41) is 9.43. The molecule has 2 heterocycles. The number of likely N-dealkylation sites (N-methyl/N-ethyl adjacent to an activating group) is 1. The molecule has 1 atom stereocenters. The monoisotopic (exact) mass is 508 g/mol. The molecule has 6 nitrogen and oxygen atoms in total. The van der Waals surface area contributed by atoms with E-state index in [1.165, 1.54) is 62.3 Å². The number of benzene rings is 2. The summed E-state index contributed by atoms with van der Waals surface area (Å²) in [4.78, 5) is 32.7. The Bertz CT molecular complexity index is 1490. The summed E-state index contributed by atoms with van der Waals surface area (Å²) in [6, 6.07) is 10.5. The van der Waals surface area contributed by atoms with E-state index in [1.54, 1.807) is 6.07 Å². The van der Waals surface area contributed by atoms with Crippen molar-refractivity contribution in [2.24, 2.45) is 0 Å². The van der Waals surface area contributed by atoms with Gasteiger partial charge in [-0.25, -0.2) is 9.18 Å². The first kappa shape index (κ1) is 25.6. The van der Waals surface area contributed by atoms with E-state index in [0.717, 1.165) is 23.2 Å². The number of amides is 2. The smallest absolute Gasteiger partial charge is 0.316 e. The van der Waals surface area contributed by atoms with Gasteiger partial charge < -0.3 is 4.90 Å². The van der Waals surface area contributed by atoms with Crippen LogP contribution in [0.3, 0.4) is 0 Å². The summed E-state index contributed by atoms with van der Waals surface area (Å²) in [6.45, 7) is 2.79. The Morgan fingerprint density at radius 2 is 1.84 bits per heavy atom. The van der Waals surface area contributed by atoms with E-state index in [9.17, 15) is 32.4 Å². The van der Waals surface area contributed by atoms with E-state index >= 15 is 0 Å². The van der Waals surface area contributed by atoms with Crippen molar-refractivity contribution in [3.63, 3.8) is 0 Å². The molecule has 0 fully saturated rings. The molecular weight excluding hydrogens is 488 g/mol. The predicted molar refractivity (Wildman–Crippen MR) is 128 cm³/mol. The van der Waals surface area contributed by atoms with Gasteiger partial charge in [0, 0.05) is 30.1 Å². The van der Waals surface area contributed by atoms with Gasteiger partial charge in [-0.1, -0.05) is 12.1 Å². The fourth-order valence-corrected chi connectivity index (χ4v) is 4.53. The maximum absolute atomic E-state index is 14.0. The molecule has 2 aromatic carbocycles. The maximum Gasteiger partial charge on any atom is 0.416 e. The quantitative estimate of drug-likeness (QED) is 0.390. The number of carbonyl (C=O) groups is 2. The standard InChI is InChI=1S/C27H20F4N4O2/c1-15-24(16(2)36)25(22-8-7-17(12-32)9-23(22)18-10-20(28)14-33-13-18)34(3)26(37)35(15)21-6-4-5-19(11-21)27(29,30)31/h4-11,13-14,25H,1-3H3. The van der Waals surface area contributed by atoms with Crippen molar-refractivity contribution in [2.75, 3.05) is 11.9 Å². The molecule has 0 radical (unpaired) electrons. The molecule has 0 N–H and O–H groups in total. The molecule has 2 amide bonds. The Morgan fingerprint density at radius 1 is 1.11 bits per heavy atom. The minimum Gasteiger partial charge on any atom is -0.316 e. The number of allylic oxidation sites excluding steroid dienone is 1. The highest BCUT2D eigenvalue weighted by Crippen LogP contribution is 2.43. The largest absolute Gasteiger partial charge is 0.416 e. The SMILES string of the molecule is CC(=O)C1=C(C)N(c2cccc(C(F)(F)F)c2)C(=O)N(C)C1c1ccc(C#N)cc1-c1cncc(F)c1. The van der Waals surface area contributed by atoms with Crippen molar-refractivity contribution in [1.82, 2.24) is 9.88 Å². The average Bonchev–Trinajstić information content (AvgIpc) is 2.85. The van der Waals surface area contributed by atoms with E-state index in [2.05, 4.69) is 4.98 Å². The number of hydrogen-bond acceptors (Lipinski definition) is 4. The molecule has 188 valence electrons. The van der Waals surface area contributed by atoms with Gasteiger partial charge in [-0.15, -0.1) is 0 Å². The molecule has 0 saturated carbocycles. The highest BCUT2D eigenvalue weighted by atomic mass is 19.4. The number of carbonyl (C=O) groups excluding carboxylic acids is 2. The second-order valence-corrected chi connectivity index (χ2v) is 8.54. The number of hydrogen-bond donors (Lipinski definition) is 0. The molecule has 37 heavy (non-hydrogen) atoms. The van der Waals surface area contributed by atoms with Gasteiger partial charge >= 0.3 is 12.2 Å². The van der Waals surface area contributed by atoms with Crippen LogP contribution in [0.5, 0.6) is 0 Å². The highest BCUT2D eigenvalue weighted by molar-refractivity contribution is 6.05. The topological polar surface area (TPSA) is 77.3 Å². The maximum atomic E-state index is 14.0. The van der Waals surface area contributed by atoms with Crippen molar-refractivity contribution in [3.05, 3.63) is 94.7 Å². The zero-order chi connectivity index (χ0) is 27.1. The fraction of sp³-hybridized carbons (Fsp3) is 0.185. The zero-order valence-electron chi connectivity index (χ0n) is 20.0. The van der Waals surface area contributed by atoms with Gasteiger partial charge in [0.1, 0.15) is 5.82 Å². The molecule has 0 spiro atoms. The van der Waals surface area contributed by atoms with Crippen LogP contribution in [0.2, 0.25) is 0 Å². The lowest BCUT2D eigenvalue weighted by atomic mass is 9.86. The second kappa shape index (κ2) is 9.50. The van der Waals surface area contributed by atoms with Gasteiger partial charge in [-0.05, 0) is 61.4 Å². The van der Waals surface area contributed by atoms with Crippen LogP contribution in [-0.2, 0) is 11.0 Å². The molecule has 1 aliphatic rings. The van der Waals surface area contributed by atoms with E-state index < -0.39 is 35.4 Å². The first-order valence-electron chi connectivity index (χ1n) is 11.0. The van der Waals surface area contributed by atoms with Gasteiger partial charge in [0.15, 0.2) is 5.78 Å². The third kappa shape index (κ3) is 4.68. The molecule has 0 bridgehead atoms. The van der Waals surface area contributed by atoms with Crippen molar-refractivity contribution in [1.29, 1.82) is 5.26 Å². The van der Waals surface area contributed by atoms with Crippen LogP contribution >= 0.6 is 0 Å². The normalized spacial score (nSPS) is 16.2. The number of alkyl halides is 3. The molecule has 1 aliphatic heterocycles. The number of aromatic nitrogens is 1. The van der Waals surface area contributed by atoms with Crippen LogP contribution in [0.1, 0.15) is 36.6 Å². The van der Waals surface area contributed by atoms with Crippen LogP contribution in [0.25, 0.3) is 11.1 Å². The third-order valence-corrected chi connectivity index (χ3v) is 6.18. The summed E-state index contributed by atoms with van der Waals surface area (Å²) in [5.41, 5.74) is 0.744. The summed E-state index contributed by atoms with van der Waals surface area (Å²) < 4.78 is 54.1. The lowest BCUT2D eigenvalue weighted by Gasteiger charge is -2.42. The van der Waals surface area contributed by atoms with Crippen LogP contribution < -0.4 is 4.90 Å². The van der Waals surface area contributed by atoms with Crippen molar-refractivity contribution in [3.8, 4) is 17.2 Å². The van der Waals surface area contributed by atoms with E-state index in [1.807, 2.05) is 6.07 Å². The van der Waals surface area contributed by atoms with E-state index in [0.29, 0.717) is 16.7 Å². The number of nitrogens with zero attached hydrogens (tertiary/aromatic N) is 4. The van der Waals surface area contributed by atoms with Crippen molar-refractivity contribution in [2.45, 2.75) is 26.1 Å². The van der Waals surface area contributed by atoms with Gasteiger partial charge in [0.25, 0.3) is 0 Å². The van der Waals surface area contributed by atoms with E-state index in [4.69, 9.17) is 0 Å². The molecule has 0 saturated heterocycles. The number of anilines is 1.